The first-order valence-electron chi connectivity index (χ1n) is 10.2. The minimum Gasteiger partial charge on any atom is -0.399 e. The Balaban J connectivity index is 1.82. The number of anilines is 1. The summed E-state index contributed by atoms with van der Waals surface area (Å²) in [7, 11) is 0. The first kappa shape index (κ1) is 20.5. The number of nitrogens with zero attached hydrogens (tertiary/aromatic N) is 4. The number of fused-ring (bicyclic) bond motifs is 1. The molecule has 7 nitrogen and oxygen atoms in total. The second-order valence-corrected chi connectivity index (χ2v) is 8.39. The molecular formula is C24H25N5O2. The maximum atomic E-state index is 13.4. The molecule has 31 heavy (non-hydrogen) atoms. The second-order valence-electron chi connectivity index (χ2n) is 8.39. The fraction of sp³-hybridized carbons (Fsp3) is 0.250. The molecule has 158 valence electrons. The lowest BCUT2D eigenvalue weighted by Crippen LogP contribution is -2.41. The van der Waals surface area contributed by atoms with Crippen LogP contribution in [0.15, 0.2) is 70.5 Å². The van der Waals surface area contributed by atoms with Gasteiger partial charge in [0.1, 0.15) is 0 Å². The van der Waals surface area contributed by atoms with Crippen molar-refractivity contribution >= 4 is 16.7 Å². The number of rotatable bonds is 5. The molecule has 2 N–H and O–H groups in total. The molecule has 1 aromatic carbocycles. The molecule has 0 aliphatic rings. The highest BCUT2D eigenvalue weighted by molar-refractivity contribution is 5.75. The van der Waals surface area contributed by atoms with Crippen LogP contribution in [0.25, 0.3) is 16.7 Å². The van der Waals surface area contributed by atoms with E-state index in [9.17, 15) is 9.59 Å². The van der Waals surface area contributed by atoms with Gasteiger partial charge in [0.05, 0.1) is 11.1 Å². The van der Waals surface area contributed by atoms with Gasteiger partial charge in [0, 0.05) is 35.7 Å². The van der Waals surface area contributed by atoms with E-state index in [1.165, 1.54) is 9.13 Å². The molecule has 4 aromatic rings. The third-order valence-corrected chi connectivity index (χ3v) is 5.62. The lowest BCUT2D eigenvalue weighted by molar-refractivity contribution is 0.415. The van der Waals surface area contributed by atoms with E-state index in [1.807, 2.05) is 19.1 Å². The normalized spacial score (nSPS) is 11.7. The van der Waals surface area contributed by atoms with Crippen molar-refractivity contribution in [2.45, 2.75) is 39.2 Å². The number of hydrogen-bond donors (Lipinski definition) is 1. The molecule has 0 radical (unpaired) electrons. The highest BCUT2D eigenvalue weighted by Crippen LogP contribution is 2.26. The summed E-state index contributed by atoms with van der Waals surface area (Å²) in [6.07, 6.45) is 3.94. The minimum absolute atomic E-state index is 0.264. The molecule has 0 amide bonds. The quantitative estimate of drug-likeness (QED) is 0.505. The maximum Gasteiger partial charge on any atom is 0.337 e. The summed E-state index contributed by atoms with van der Waals surface area (Å²) in [5, 5.41) is 0.394. The van der Waals surface area contributed by atoms with Gasteiger partial charge < -0.3 is 5.73 Å². The zero-order valence-corrected chi connectivity index (χ0v) is 17.9. The monoisotopic (exact) mass is 415 g/mol. The Morgan fingerprint density at radius 1 is 1.00 bits per heavy atom. The van der Waals surface area contributed by atoms with Crippen LogP contribution in [0.1, 0.15) is 31.5 Å². The van der Waals surface area contributed by atoms with E-state index in [-0.39, 0.29) is 17.5 Å². The minimum atomic E-state index is -0.422. The average molecular weight is 415 g/mol. The Kier molecular flexibility index (Phi) is 5.19. The number of aryl methyl sites for hydroxylation is 1. The highest BCUT2D eigenvalue weighted by Gasteiger charge is 2.24. The Morgan fingerprint density at radius 3 is 2.45 bits per heavy atom. The van der Waals surface area contributed by atoms with Crippen LogP contribution in [0, 0.1) is 6.92 Å². The van der Waals surface area contributed by atoms with Crippen LogP contribution in [0.2, 0.25) is 0 Å². The molecule has 0 spiro atoms. The smallest absolute Gasteiger partial charge is 0.337 e. The molecule has 0 atom stereocenters. The van der Waals surface area contributed by atoms with Gasteiger partial charge >= 0.3 is 5.69 Å². The fourth-order valence-corrected chi connectivity index (χ4v) is 3.66. The number of pyridine rings is 2. The van der Waals surface area contributed by atoms with Gasteiger partial charge in [-0.05, 0) is 67.4 Å². The maximum absolute atomic E-state index is 13.4. The van der Waals surface area contributed by atoms with Crippen LogP contribution >= 0.6 is 0 Å². The number of aromatic nitrogens is 4. The largest absolute Gasteiger partial charge is 0.399 e. The summed E-state index contributed by atoms with van der Waals surface area (Å²) in [6.45, 7) is 6.43. The first-order chi connectivity index (χ1) is 14.8. The van der Waals surface area contributed by atoms with Crippen LogP contribution in [0.3, 0.4) is 0 Å². The standard InChI is InChI=1S/C24H25N5O2/c1-16-10-13-26-20(15-16)24(2,3)11-14-28-22(30)19-5-4-12-27-21(19)29(23(28)31)18-8-6-17(25)7-9-18/h4-10,12-13,15H,11,14,25H2,1-3H3. The first-order valence-corrected chi connectivity index (χ1v) is 10.2. The van der Waals surface area contributed by atoms with Crippen LogP contribution < -0.4 is 17.0 Å². The van der Waals surface area contributed by atoms with E-state index < -0.39 is 5.69 Å². The van der Waals surface area contributed by atoms with E-state index in [0.717, 1.165) is 11.3 Å². The molecule has 0 aliphatic carbocycles. The summed E-state index contributed by atoms with van der Waals surface area (Å²) >= 11 is 0. The lowest BCUT2D eigenvalue weighted by atomic mass is 9.84. The molecule has 0 unspecified atom stereocenters. The van der Waals surface area contributed by atoms with E-state index >= 15 is 0 Å². The topological polar surface area (TPSA) is 95.8 Å². The van der Waals surface area contributed by atoms with Gasteiger partial charge in [0.15, 0.2) is 5.65 Å². The van der Waals surface area contributed by atoms with Gasteiger partial charge in [-0.25, -0.2) is 14.3 Å². The van der Waals surface area contributed by atoms with Gasteiger partial charge in [-0.2, -0.15) is 0 Å². The zero-order valence-electron chi connectivity index (χ0n) is 17.9. The van der Waals surface area contributed by atoms with Gasteiger partial charge in [-0.15, -0.1) is 0 Å². The lowest BCUT2D eigenvalue weighted by Gasteiger charge is -2.25. The van der Waals surface area contributed by atoms with Crippen LogP contribution in [-0.2, 0) is 12.0 Å². The Bertz CT molecular complexity index is 1370. The van der Waals surface area contributed by atoms with Crippen molar-refractivity contribution in [1.82, 2.24) is 19.1 Å². The zero-order chi connectivity index (χ0) is 22.2. The summed E-state index contributed by atoms with van der Waals surface area (Å²) in [4.78, 5) is 35.4. The van der Waals surface area contributed by atoms with Gasteiger partial charge in [-0.1, -0.05) is 13.8 Å². The molecule has 0 aliphatic heterocycles. The molecule has 0 fully saturated rings. The Morgan fingerprint density at radius 2 is 1.74 bits per heavy atom. The molecule has 3 aromatic heterocycles. The van der Waals surface area contributed by atoms with Crippen molar-refractivity contribution in [3.63, 3.8) is 0 Å². The number of hydrogen-bond acceptors (Lipinski definition) is 5. The summed E-state index contributed by atoms with van der Waals surface area (Å²) in [6, 6.07) is 14.3. The predicted octanol–water partition coefficient (Wildman–Crippen LogP) is 3.20. The average Bonchev–Trinajstić information content (AvgIpc) is 2.75. The van der Waals surface area contributed by atoms with Gasteiger partial charge in [0.2, 0.25) is 0 Å². The number of benzene rings is 1. The van der Waals surface area contributed by atoms with E-state index in [2.05, 4.69) is 23.8 Å². The highest BCUT2D eigenvalue weighted by atomic mass is 16.2. The molecule has 0 saturated heterocycles. The predicted molar refractivity (Wildman–Crippen MR) is 123 cm³/mol. The van der Waals surface area contributed by atoms with Crippen molar-refractivity contribution in [1.29, 1.82) is 0 Å². The molecule has 0 saturated carbocycles. The fourth-order valence-electron chi connectivity index (χ4n) is 3.66. The molecule has 7 heteroatoms. The van der Waals surface area contributed by atoms with Crippen LogP contribution in [0.5, 0.6) is 0 Å². The van der Waals surface area contributed by atoms with Crippen LogP contribution in [-0.4, -0.2) is 19.1 Å². The second kappa shape index (κ2) is 7.83. The number of nitrogens with two attached hydrogens (primary N) is 1. The van der Waals surface area contributed by atoms with E-state index in [4.69, 9.17) is 5.73 Å². The van der Waals surface area contributed by atoms with Crippen molar-refractivity contribution in [3.8, 4) is 5.69 Å². The van der Waals surface area contributed by atoms with E-state index in [1.54, 1.807) is 48.8 Å². The molecule has 0 bridgehead atoms. The SMILES string of the molecule is Cc1ccnc(C(C)(C)CCn2c(=O)c3cccnc3n(-c3ccc(N)cc3)c2=O)c1. The summed E-state index contributed by atoms with van der Waals surface area (Å²) in [5.74, 6) is 0. The Hall–Kier alpha value is -3.74. The summed E-state index contributed by atoms with van der Waals surface area (Å²) in [5.41, 5.74) is 8.32. The third kappa shape index (κ3) is 3.86. The molecule has 3 heterocycles. The van der Waals surface area contributed by atoms with Gasteiger partial charge in [-0.3, -0.25) is 14.3 Å². The van der Waals surface area contributed by atoms with Crippen molar-refractivity contribution in [2.24, 2.45) is 0 Å². The molecular weight excluding hydrogens is 390 g/mol. The Labute approximate surface area is 179 Å². The van der Waals surface area contributed by atoms with Crippen molar-refractivity contribution in [3.05, 3.63) is 93.0 Å². The van der Waals surface area contributed by atoms with Crippen molar-refractivity contribution < 1.29 is 0 Å². The number of nitrogen functional groups attached to an aromatic ring is 1. The third-order valence-electron chi connectivity index (χ3n) is 5.62. The van der Waals surface area contributed by atoms with Crippen molar-refractivity contribution in [2.75, 3.05) is 5.73 Å². The van der Waals surface area contributed by atoms with E-state index in [0.29, 0.717) is 28.8 Å². The van der Waals surface area contributed by atoms with Gasteiger partial charge in [0.25, 0.3) is 5.56 Å². The van der Waals surface area contributed by atoms with Crippen LogP contribution in [0.4, 0.5) is 5.69 Å². The summed E-state index contributed by atoms with van der Waals surface area (Å²) < 4.78 is 2.76. The molecule has 4 rings (SSSR count).